The molecule has 2 aromatic rings. The smallest absolute Gasteiger partial charge is 0.141 e. The summed E-state index contributed by atoms with van der Waals surface area (Å²) < 4.78 is 5.48. The highest BCUT2D eigenvalue weighted by Gasteiger charge is 2.25. The molecule has 0 aromatic carbocycles. The summed E-state index contributed by atoms with van der Waals surface area (Å²) in [7, 11) is 0. The third kappa shape index (κ3) is 4.44. The third-order valence-corrected chi connectivity index (χ3v) is 6.69. The van der Waals surface area contributed by atoms with Crippen molar-refractivity contribution in [2.45, 2.75) is 40.0 Å². The van der Waals surface area contributed by atoms with Gasteiger partial charge in [-0.3, -0.25) is 4.90 Å². The Morgan fingerprint density at radius 3 is 2.59 bits per heavy atom. The zero-order valence-corrected chi connectivity index (χ0v) is 17.7. The molecular formula is C21H32N4OS. The van der Waals surface area contributed by atoms with Crippen LogP contribution in [0, 0.1) is 18.8 Å². The van der Waals surface area contributed by atoms with Crippen LogP contribution < -0.4 is 4.90 Å². The van der Waals surface area contributed by atoms with Gasteiger partial charge in [-0.15, -0.1) is 11.3 Å². The molecule has 0 amide bonds. The normalized spacial score (nSPS) is 20.1. The Labute approximate surface area is 166 Å². The minimum Gasteiger partial charge on any atom is -0.379 e. The second-order valence-electron chi connectivity index (χ2n) is 8.48. The Morgan fingerprint density at radius 1 is 1.15 bits per heavy atom. The number of hydrogen-bond donors (Lipinski definition) is 0. The number of aryl methyl sites for hydroxylation is 1. The molecule has 0 N–H and O–H groups in total. The second-order valence-corrected chi connectivity index (χ2v) is 9.33. The molecule has 0 unspecified atom stereocenters. The number of rotatable bonds is 5. The van der Waals surface area contributed by atoms with Gasteiger partial charge in [-0.1, -0.05) is 13.8 Å². The highest BCUT2D eigenvalue weighted by Crippen LogP contribution is 2.35. The van der Waals surface area contributed by atoms with E-state index in [0.717, 1.165) is 62.4 Å². The third-order valence-electron chi connectivity index (χ3n) is 5.76. The molecule has 2 aliphatic rings. The minimum absolute atomic E-state index is 0.649. The Kier molecular flexibility index (Phi) is 5.95. The topological polar surface area (TPSA) is 41.5 Å². The SMILES string of the molecule is Cc1nc(N2CCC(CN3CCOCC3)CC2)c2c(CC(C)C)csc2n1. The first kappa shape index (κ1) is 19.1. The van der Waals surface area contributed by atoms with Crippen LogP contribution in [0.25, 0.3) is 10.2 Å². The molecule has 0 radical (unpaired) electrons. The highest BCUT2D eigenvalue weighted by molar-refractivity contribution is 7.17. The molecule has 0 aliphatic carbocycles. The van der Waals surface area contributed by atoms with Crippen molar-refractivity contribution in [2.24, 2.45) is 11.8 Å². The molecule has 4 heterocycles. The van der Waals surface area contributed by atoms with E-state index in [0.29, 0.717) is 5.92 Å². The fourth-order valence-electron chi connectivity index (χ4n) is 4.38. The fourth-order valence-corrected chi connectivity index (χ4v) is 5.37. The standard InChI is InChI=1S/C21H32N4OS/c1-15(2)12-18-14-27-21-19(18)20(22-16(3)23-21)25-6-4-17(5-7-25)13-24-8-10-26-11-9-24/h14-15,17H,4-13H2,1-3H3. The summed E-state index contributed by atoms with van der Waals surface area (Å²) in [6.45, 7) is 14.0. The van der Waals surface area contributed by atoms with Crippen molar-refractivity contribution in [3.8, 4) is 0 Å². The highest BCUT2D eigenvalue weighted by atomic mass is 32.1. The van der Waals surface area contributed by atoms with Gasteiger partial charge >= 0.3 is 0 Å². The minimum atomic E-state index is 0.649. The molecule has 0 bridgehead atoms. The van der Waals surface area contributed by atoms with Crippen molar-refractivity contribution in [2.75, 3.05) is 50.8 Å². The van der Waals surface area contributed by atoms with Gasteiger partial charge in [0.2, 0.25) is 0 Å². The zero-order valence-electron chi connectivity index (χ0n) is 16.9. The van der Waals surface area contributed by atoms with Gasteiger partial charge in [-0.05, 0) is 49.0 Å². The summed E-state index contributed by atoms with van der Waals surface area (Å²) in [5, 5.41) is 3.61. The number of piperidine rings is 1. The Bertz CT molecular complexity index is 761. The number of ether oxygens (including phenoxy) is 1. The lowest BCUT2D eigenvalue weighted by Gasteiger charge is -2.36. The molecule has 2 aliphatic heterocycles. The van der Waals surface area contributed by atoms with Crippen LogP contribution in [0.2, 0.25) is 0 Å². The number of anilines is 1. The van der Waals surface area contributed by atoms with Gasteiger partial charge in [0.05, 0.1) is 18.6 Å². The molecule has 2 aromatic heterocycles. The van der Waals surface area contributed by atoms with E-state index in [4.69, 9.17) is 14.7 Å². The van der Waals surface area contributed by atoms with Crippen LogP contribution in [-0.4, -0.2) is 60.8 Å². The van der Waals surface area contributed by atoms with E-state index in [2.05, 4.69) is 29.0 Å². The van der Waals surface area contributed by atoms with Crippen molar-refractivity contribution in [3.05, 3.63) is 16.8 Å². The Balaban J connectivity index is 1.48. The average Bonchev–Trinajstić information content (AvgIpc) is 3.04. The fraction of sp³-hybridized carbons (Fsp3) is 0.714. The molecule has 0 spiro atoms. The summed E-state index contributed by atoms with van der Waals surface area (Å²) in [6, 6.07) is 0. The zero-order chi connectivity index (χ0) is 18.8. The molecule has 27 heavy (non-hydrogen) atoms. The van der Waals surface area contributed by atoms with Crippen LogP contribution in [0.1, 0.15) is 38.1 Å². The lowest BCUT2D eigenvalue weighted by Crippen LogP contribution is -2.43. The second kappa shape index (κ2) is 8.41. The van der Waals surface area contributed by atoms with E-state index < -0.39 is 0 Å². The van der Waals surface area contributed by atoms with Gasteiger partial charge in [0, 0.05) is 32.7 Å². The maximum absolute atomic E-state index is 5.48. The molecule has 148 valence electrons. The molecule has 0 saturated carbocycles. The number of hydrogen-bond acceptors (Lipinski definition) is 6. The van der Waals surface area contributed by atoms with Crippen molar-refractivity contribution >= 4 is 27.4 Å². The number of nitrogens with zero attached hydrogens (tertiary/aromatic N) is 4. The Morgan fingerprint density at radius 2 is 1.89 bits per heavy atom. The van der Waals surface area contributed by atoms with Crippen LogP contribution >= 0.6 is 11.3 Å². The number of aromatic nitrogens is 2. The maximum atomic E-state index is 5.48. The predicted octanol–water partition coefficient (Wildman–Crippen LogP) is 3.75. The summed E-state index contributed by atoms with van der Waals surface area (Å²) in [6.07, 6.45) is 3.62. The number of fused-ring (bicyclic) bond motifs is 1. The largest absolute Gasteiger partial charge is 0.379 e. The van der Waals surface area contributed by atoms with Crippen LogP contribution in [0.5, 0.6) is 0 Å². The van der Waals surface area contributed by atoms with E-state index in [9.17, 15) is 0 Å². The van der Waals surface area contributed by atoms with Crippen LogP contribution in [0.15, 0.2) is 5.38 Å². The van der Waals surface area contributed by atoms with Crippen molar-refractivity contribution in [1.29, 1.82) is 0 Å². The number of thiophene rings is 1. The Hall–Kier alpha value is -1.24. The average molecular weight is 389 g/mol. The predicted molar refractivity (Wildman–Crippen MR) is 113 cm³/mol. The van der Waals surface area contributed by atoms with E-state index >= 15 is 0 Å². The lowest BCUT2D eigenvalue weighted by atomic mass is 9.95. The van der Waals surface area contributed by atoms with Gasteiger partial charge < -0.3 is 9.64 Å². The first-order chi connectivity index (χ1) is 13.1. The van der Waals surface area contributed by atoms with Gasteiger partial charge in [-0.25, -0.2) is 9.97 Å². The number of morpholine rings is 1. The van der Waals surface area contributed by atoms with E-state index in [-0.39, 0.29) is 0 Å². The molecule has 4 rings (SSSR count). The van der Waals surface area contributed by atoms with Gasteiger partial charge in [0.15, 0.2) is 0 Å². The van der Waals surface area contributed by atoms with Crippen molar-refractivity contribution < 1.29 is 4.74 Å². The van der Waals surface area contributed by atoms with E-state index in [1.54, 1.807) is 11.3 Å². The summed E-state index contributed by atoms with van der Waals surface area (Å²) in [5.74, 6) is 3.52. The molecular weight excluding hydrogens is 356 g/mol. The first-order valence-corrected chi connectivity index (χ1v) is 11.3. The summed E-state index contributed by atoms with van der Waals surface area (Å²) >= 11 is 1.78. The van der Waals surface area contributed by atoms with Crippen LogP contribution in [0.4, 0.5) is 5.82 Å². The van der Waals surface area contributed by atoms with Crippen molar-refractivity contribution in [3.63, 3.8) is 0 Å². The van der Waals surface area contributed by atoms with Gasteiger partial charge in [0.25, 0.3) is 0 Å². The molecule has 2 saturated heterocycles. The monoisotopic (exact) mass is 388 g/mol. The van der Waals surface area contributed by atoms with Gasteiger partial charge in [-0.2, -0.15) is 0 Å². The summed E-state index contributed by atoms with van der Waals surface area (Å²) in [5.41, 5.74) is 1.43. The molecule has 0 atom stereocenters. The maximum Gasteiger partial charge on any atom is 0.141 e. The van der Waals surface area contributed by atoms with E-state index in [1.165, 1.54) is 36.2 Å². The van der Waals surface area contributed by atoms with E-state index in [1.807, 2.05) is 6.92 Å². The molecule has 2 fully saturated rings. The van der Waals surface area contributed by atoms with Crippen LogP contribution in [0.3, 0.4) is 0 Å². The van der Waals surface area contributed by atoms with Crippen LogP contribution in [-0.2, 0) is 11.2 Å². The van der Waals surface area contributed by atoms with Gasteiger partial charge in [0.1, 0.15) is 16.5 Å². The summed E-state index contributed by atoms with van der Waals surface area (Å²) in [4.78, 5) is 15.9. The van der Waals surface area contributed by atoms with Crippen molar-refractivity contribution in [1.82, 2.24) is 14.9 Å². The lowest BCUT2D eigenvalue weighted by molar-refractivity contribution is 0.0289. The quantitative estimate of drug-likeness (QED) is 0.780. The molecule has 5 nitrogen and oxygen atoms in total. The molecule has 6 heteroatoms. The first-order valence-electron chi connectivity index (χ1n) is 10.4.